The van der Waals surface area contributed by atoms with E-state index in [2.05, 4.69) is 38.2 Å². The van der Waals surface area contributed by atoms with Crippen LogP contribution in [0.15, 0.2) is 24.3 Å². The third-order valence-corrected chi connectivity index (χ3v) is 4.06. The van der Waals surface area contributed by atoms with Crippen LogP contribution in [0, 0.1) is 5.92 Å². The van der Waals surface area contributed by atoms with Crippen molar-refractivity contribution in [2.45, 2.75) is 32.6 Å². The Bertz CT molecular complexity index is 459. The predicted molar refractivity (Wildman–Crippen MR) is 83.1 cm³/mol. The van der Waals surface area contributed by atoms with Gasteiger partial charge in [0.25, 0.3) is 5.91 Å². The minimum atomic E-state index is 0.132. The number of nitrogens with one attached hydrogen (secondary N) is 1. The molecular formula is C17H26N2O. The molecule has 3 heteroatoms. The lowest BCUT2D eigenvalue weighted by molar-refractivity contribution is 0.0787. The molecule has 0 aromatic heterocycles. The third kappa shape index (κ3) is 3.40. The predicted octanol–water partition coefficient (Wildman–Crippen LogP) is 2.67. The molecule has 1 aromatic carbocycles. The Morgan fingerprint density at radius 2 is 1.95 bits per heavy atom. The fourth-order valence-corrected chi connectivity index (χ4v) is 2.77. The lowest BCUT2D eigenvalue weighted by Crippen LogP contribution is -2.30. The van der Waals surface area contributed by atoms with Gasteiger partial charge in [-0.05, 0) is 49.0 Å². The van der Waals surface area contributed by atoms with Crippen LogP contribution in [0.3, 0.4) is 0 Å². The Morgan fingerprint density at radius 3 is 2.50 bits per heavy atom. The zero-order valence-electron chi connectivity index (χ0n) is 13.1. The number of rotatable bonds is 3. The number of amides is 1. The van der Waals surface area contributed by atoms with Crippen LogP contribution in [-0.4, -0.2) is 37.5 Å². The van der Waals surface area contributed by atoms with E-state index < -0.39 is 0 Å². The summed E-state index contributed by atoms with van der Waals surface area (Å²) in [5.41, 5.74) is 2.21. The van der Waals surface area contributed by atoms with Gasteiger partial charge in [-0.2, -0.15) is 0 Å². The maximum Gasteiger partial charge on any atom is 0.253 e. The number of carbonyl (C=O) groups is 1. The van der Waals surface area contributed by atoms with Gasteiger partial charge in [-0.15, -0.1) is 0 Å². The van der Waals surface area contributed by atoms with Crippen molar-refractivity contribution in [2.24, 2.45) is 5.92 Å². The quantitative estimate of drug-likeness (QED) is 0.919. The summed E-state index contributed by atoms with van der Waals surface area (Å²) in [5, 5.41) is 3.19. The van der Waals surface area contributed by atoms with Gasteiger partial charge in [0.2, 0.25) is 0 Å². The number of hydrogen-bond acceptors (Lipinski definition) is 2. The average molecular weight is 274 g/mol. The van der Waals surface area contributed by atoms with Crippen molar-refractivity contribution in [1.82, 2.24) is 10.2 Å². The number of likely N-dealkylation sites (tertiary alicyclic amines) is 1. The summed E-state index contributed by atoms with van der Waals surface area (Å²) < 4.78 is 0. The largest absolute Gasteiger partial charge is 0.338 e. The van der Waals surface area contributed by atoms with Crippen LogP contribution in [0.5, 0.6) is 0 Å². The van der Waals surface area contributed by atoms with Gasteiger partial charge < -0.3 is 10.2 Å². The molecule has 1 unspecified atom stereocenters. The monoisotopic (exact) mass is 274 g/mol. The molecular weight excluding hydrogens is 248 g/mol. The van der Waals surface area contributed by atoms with Crippen molar-refractivity contribution in [3.8, 4) is 0 Å². The maximum atomic E-state index is 12.5. The van der Waals surface area contributed by atoms with E-state index in [4.69, 9.17) is 0 Å². The second kappa shape index (κ2) is 5.96. The van der Waals surface area contributed by atoms with Crippen LogP contribution in [0.2, 0.25) is 0 Å². The zero-order valence-corrected chi connectivity index (χ0v) is 13.1. The minimum Gasteiger partial charge on any atom is -0.338 e. The number of hydrogen-bond donors (Lipinski definition) is 1. The molecule has 1 fully saturated rings. The molecule has 0 radical (unpaired) electrons. The molecule has 1 saturated heterocycles. The van der Waals surface area contributed by atoms with E-state index in [0.29, 0.717) is 5.92 Å². The molecule has 2 rings (SSSR count). The molecule has 1 aliphatic heterocycles. The van der Waals surface area contributed by atoms with Crippen LogP contribution in [0.25, 0.3) is 0 Å². The highest BCUT2D eigenvalue weighted by molar-refractivity contribution is 5.94. The van der Waals surface area contributed by atoms with Gasteiger partial charge in [-0.25, -0.2) is 0 Å². The van der Waals surface area contributed by atoms with Crippen molar-refractivity contribution in [3.63, 3.8) is 0 Å². The molecule has 20 heavy (non-hydrogen) atoms. The lowest BCUT2D eigenvalue weighted by Gasteiger charge is -2.20. The summed E-state index contributed by atoms with van der Waals surface area (Å²) >= 11 is 0. The summed E-state index contributed by atoms with van der Waals surface area (Å²) in [5.74, 6) is 0.766. The zero-order chi connectivity index (χ0) is 14.8. The Hall–Kier alpha value is -1.35. The maximum absolute atomic E-state index is 12.5. The molecule has 1 aromatic rings. The normalized spacial score (nSPS) is 19.4. The van der Waals surface area contributed by atoms with Gasteiger partial charge in [-0.1, -0.05) is 32.9 Å². The first-order valence-electron chi connectivity index (χ1n) is 7.46. The second-order valence-corrected chi connectivity index (χ2v) is 6.79. The Balaban J connectivity index is 2.03. The Morgan fingerprint density at radius 1 is 1.30 bits per heavy atom. The van der Waals surface area contributed by atoms with Crippen molar-refractivity contribution < 1.29 is 4.79 Å². The van der Waals surface area contributed by atoms with E-state index in [1.807, 2.05) is 24.1 Å². The first-order chi connectivity index (χ1) is 9.41. The molecule has 1 atom stereocenters. The van der Waals surface area contributed by atoms with Crippen molar-refractivity contribution >= 4 is 5.91 Å². The molecule has 3 nitrogen and oxygen atoms in total. The number of nitrogens with zero attached hydrogens (tertiary/aromatic N) is 1. The van der Waals surface area contributed by atoms with Crippen LogP contribution >= 0.6 is 0 Å². The minimum absolute atomic E-state index is 0.132. The lowest BCUT2D eigenvalue weighted by atomic mass is 9.86. The highest BCUT2D eigenvalue weighted by Gasteiger charge is 2.26. The Kier molecular flexibility index (Phi) is 4.48. The standard InChI is InChI=1S/C17H26N2O/c1-17(2,3)15-7-5-14(6-8-15)16(20)19-10-9-13(12-19)11-18-4/h5-8,13,18H,9-12H2,1-4H3. The highest BCUT2D eigenvalue weighted by atomic mass is 16.2. The molecule has 0 saturated carbocycles. The summed E-state index contributed by atoms with van der Waals surface area (Å²) in [6, 6.07) is 8.09. The van der Waals surface area contributed by atoms with Crippen molar-refractivity contribution in [2.75, 3.05) is 26.7 Å². The van der Waals surface area contributed by atoms with Gasteiger partial charge in [0.1, 0.15) is 0 Å². The molecule has 1 heterocycles. The van der Waals surface area contributed by atoms with Crippen LogP contribution in [0.1, 0.15) is 43.1 Å². The van der Waals surface area contributed by atoms with Gasteiger partial charge in [-0.3, -0.25) is 4.79 Å². The summed E-state index contributed by atoms with van der Waals surface area (Å²) in [4.78, 5) is 14.4. The fourth-order valence-electron chi connectivity index (χ4n) is 2.77. The first-order valence-corrected chi connectivity index (χ1v) is 7.46. The van der Waals surface area contributed by atoms with Gasteiger partial charge in [0, 0.05) is 18.7 Å². The third-order valence-electron chi connectivity index (χ3n) is 4.06. The van der Waals surface area contributed by atoms with Gasteiger partial charge >= 0.3 is 0 Å². The SMILES string of the molecule is CNCC1CCN(C(=O)c2ccc(C(C)(C)C)cc2)C1. The van der Waals surface area contributed by atoms with Gasteiger partial charge in [0.15, 0.2) is 0 Å². The van der Waals surface area contributed by atoms with E-state index in [9.17, 15) is 4.79 Å². The van der Waals surface area contributed by atoms with E-state index in [-0.39, 0.29) is 11.3 Å². The van der Waals surface area contributed by atoms with Crippen molar-refractivity contribution in [1.29, 1.82) is 0 Å². The summed E-state index contributed by atoms with van der Waals surface area (Å²) in [6.07, 6.45) is 1.10. The smallest absolute Gasteiger partial charge is 0.253 e. The second-order valence-electron chi connectivity index (χ2n) is 6.79. The molecule has 0 aliphatic carbocycles. The Labute approximate surface area is 122 Å². The van der Waals surface area contributed by atoms with E-state index in [1.165, 1.54) is 5.56 Å². The molecule has 1 aliphatic rings. The van der Waals surface area contributed by atoms with E-state index in [1.54, 1.807) is 0 Å². The molecule has 0 bridgehead atoms. The van der Waals surface area contributed by atoms with Crippen LogP contribution < -0.4 is 5.32 Å². The molecule has 1 N–H and O–H groups in total. The number of carbonyl (C=O) groups excluding carboxylic acids is 1. The number of benzene rings is 1. The van der Waals surface area contributed by atoms with Gasteiger partial charge in [0.05, 0.1) is 0 Å². The average Bonchev–Trinajstić information content (AvgIpc) is 2.86. The van der Waals surface area contributed by atoms with E-state index >= 15 is 0 Å². The molecule has 1 amide bonds. The first kappa shape index (κ1) is 15.0. The topological polar surface area (TPSA) is 32.3 Å². The van der Waals surface area contributed by atoms with Crippen LogP contribution in [0.4, 0.5) is 0 Å². The molecule has 110 valence electrons. The molecule has 0 spiro atoms. The van der Waals surface area contributed by atoms with E-state index in [0.717, 1.165) is 31.6 Å². The highest BCUT2D eigenvalue weighted by Crippen LogP contribution is 2.23. The summed E-state index contributed by atoms with van der Waals surface area (Å²) in [7, 11) is 1.97. The fraction of sp³-hybridized carbons (Fsp3) is 0.588. The van der Waals surface area contributed by atoms with Crippen molar-refractivity contribution in [3.05, 3.63) is 35.4 Å². The summed E-state index contributed by atoms with van der Waals surface area (Å²) in [6.45, 7) is 9.31. The van der Waals surface area contributed by atoms with Crippen LogP contribution in [-0.2, 0) is 5.41 Å².